The van der Waals surface area contributed by atoms with E-state index in [1.807, 2.05) is 0 Å². The normalized spacial score (nSPS) is 38.2. The molecule has 0 saturated carbocycles. The van der Waals surface area contributed by atoms with Crippen LogP contribution in [0.1, 0.15) is 12.8 Å². The van der Waals surface area contributed by atoms with Gasteiger partial charge >= 0.3 is 0 Å². The minimum atomic E-state index is 0.374. The second-order valence-electron chi connectivity index (χ2n) is 3.28. The zero-order valence-corrected chi connectivity index (χ0v) is 7.53. The van der Waals surface area contributed by atoms with Crippen LogP contribution in [-0.2, 0) is 4.74 Å². The van der Waals surface area contributed by atoms with Crippen molar-refractivity contribution >= 4 is 11.8 Å². The molecule has 0 spiro atoms. The first-order valence-electron chi connectivity index (χ1n) is 4.38. The average molecular weight is 173 g/mol. The molecule has 0 aromatic heterocycles. The van der Waals surface area contributed by atoms with Crippen molar-refractivity contribution in [2.24, 2.45) is 5.92 Å². The summed E-state index contributed by atoms with van der Waals surface area (Å²) in [5.41, 5.74) is 0. The van der Waals surface area contributed by atoms with E-state index in [1.54, 1.807) is 0 Å². The fourth-order valence-corrected chi connectivity index (χ4v) is 3.01. The monoisotopic (exact) mass is 173 g/mol. The van der Waals surface area contributed by atoms with E-state index < -0.39 is 0 Å². The van der Waals surface area contributed by atoms with Crippen LogP contribution < -0.4 is 5.32 Å². The highest BCUT2D eigenvalue weighted by molar-refractivity contribution is 7.99. The third-order valence-electron chi connectivity index (χ3n) is 2.36. The predicted octanol–water partition coefficient (Wildman–Crippen LogP) is 1.08. The van der Waals surface area contributed by atoms with Crippen LogP contribution in [0.15, 0.2) is 0 Å². The third-order valence-corrected chi connectivity index (χ3v) is 3.60. The molecule has 11 heavy (non-hydrogen) atoms. The Balaban J connectivity index is 1.71. The number of hydrogen-bond acceptors (Lipinski definition) is 3. The Morgan fingerprint density at radius 3 is 3.18 bits per heavy atom. The maximum atomic E-state index is 5.49. The molecule has 0 aromatic rings. The van der Waals surface area contributed by atoms with E-state index in [2.05, 4.69) is 17.1 Å². The van der Waals surface area contributed by atoms with E-state index in [0.29, 0.717) is 6.23 Å². The van der Waals surface area contributed by atoms with Crippen molar-refractivity contribution in [2.45, 2.75) is 19.1 Å². The van der Waals surface area contributed by atoms with Crippen LogP contribution in [0.2, 0.25) is 0 Å². The molecule has 0 aliphatic carbocycles. The molecule has 2 atom stereocenters. The highest BCUT2D eigenvalue weighted by Gasteiger charge is 2.22. The highest BCUT2D eigenvalue weighted by Crippen LogP contribution is 2.27. The van der Waals surface area contributed by atoms with Crippen LogP contribution in [0.25, 0.3) is 0 Å². The van der Waals surface area contributed by atoms with E-state index in [0.717, 1.165) is 19.1 Å². The molecule has 0 aromatic carbocycles. The number of thioether (sulfide) groups is 1. The maximum absolute atomic E-state index is 5.49. The summed E-state index contributed by atoms with van der Waals surface area (Å²) in [7, 11) is 0. The molecule has 2 nitrogen and oxygen atoms in total. The molecule has 0 bridgehead atoms. The second-order valence-corrected chi connectivity index (χ2v) is 4.43. The minimum absolute atomic E-state index is 0.374. The molecular formula is C8H15NOS. The SMILES string of the molecule is C1COC(CC2CCSC2)N1. The zero-order chi connectivity index (χ0) is 7.52. The Morgan fingerprint density at radius 1 is 1.55 bits per heavy atom. The molecule has 2 fully saturated rings. The van der Waals surface area contributed by atoms with Gasteiger partial charge < -0.3 is 4.74 Å². The summed E-state index contributed by atoms with van der Waals surface area (Å²) in [6, 6.07) is 0. The topological polar surface area (TPSA) is 21.3 Å². The van der Waals surface area contributed by atoms with Gasteiger partial charge in [-0.1, -0.05) is 0 Å². The van der Waals surface area contributed by atoms with Gasteiger partial charge in [-0.3, -0.25) is 5.32 Å². The van der Waals surface area contributed by atoms with Gasteiger partial charge in [0.05, 0.1) is 6.61 Å². The molecule has 1 N–H and O–H groups in total. The number of hydrogen-bond donors (Lipinski definition) is 1. The van der Waals surface area contributed by atoms with E-state index in [4.69, 9.17) is 4.74 Å². The Kier molecular flexibility index (Phi) is 2.72. The summed E-state index contributed by atoms with van der Waals surface area (Å²) in [6.07, 6.45) is 3.00. The summed E-state index contributed by atoms with van der Waals surface area (Å²) < 4.78 is 5.49. The number of nitrogens with one attached hydrogen (secondary N) is 1. The van der Waals surface area contributed by atoms with Crippen molar-refractivity contribution in [1.29, 1.82) is 0 Å². The Labute approximate surface area is 72.1 Å². The van der Waals surface area contributed by atoms with Gasteiger partial charge in [0.1, 0.15) is 6.23 Å². The minimum Gasteiger partial charge on any atom is -0.362 e. The van der Waals surface area contributed by atoms with Gasteiger partial charge in [0, 0.05) is 6.54 Å². The van der Waals surface area contributed by atoms with Crippen LogP contribution in [0, 0.1) is 5.92 Å². The van der Waals surface area contributed by atoms with Gasteiger partial charge in [-0.25, -0.2) is 0 Å². The first kappa shape index (κ1) is 7.90. The average Bonchev–Trinajstić information content (AvgIpc) is 2.60. The summed E-state index contributed by atoms with van der Waals surface area (Å²) in [5, 5.41) is 3.35. The van der Waals surface area contributed by atoms with Crippen molar-refractivity contribution in [1.82, 2.24) is 5.32 Å². The number of ether oxygens (including phenoxy) is 1. The van der Waals surface area contributed by atoms with E-state index in [1.165, 1.54) is 24.3 Å². The Morgan fingerprint density at radius 2 is 2.55 bits per heavy atom. The van der Waals surface area contributed by atoms with Crippen molar-refractivity contribution in [3.05, 3.63) is 0 Å². The van der Waals surface area contributed by atoms with Gasteiger partial charge in [-0.05, 0) is 30.3 Å². The summed E-state index contributed by atoms with van der Waals surface area (Å²) in [6.45, 7) is 1.95. The van der Waals surface area contributed by atoms with Crippen molar-refractivity contribution in [3.63, 3.8) is 0 Å². The fraction of sp³-hybridized carbons (Fsp3) is 1.00. The van der Waals surface area contributed by atoms with Crippen LogP contribution in [0.3, 0.4) is 0 Å². The van der Waals surface area contributed by atoms with Crippen LogP contribution in [-0.4, -0.2) is 30.9 Å². The van der Waals surface area contributed by atoms with Crippen LogP contribution in [0.5, 0.6) is 0 Å². The molecule has 64 valence electrons. The summed E-state index contributed by atoms with van der Waals surface area (Å²) >= 11 is 2.08. The van der Waals surface area contributed by atoms with Gasteiger partial charge in [0.15, 0.2) is 0 Å². The van der Waals surface area contributed by atoms with Crippen LogP contribution in [0.4, 0.5) is 0 Å². The first-order valence-corrected chi connectivity index (χ1v) is 5.53. The molecule has 2 rings (SSSR count). The van der Waals surface area contributed by atoms with E-state index >= 15 is 0 Å². The van der Waals surface area contributed by atoms with Gasteiger partial charge in [0.2, 0.25) is 0 Å². The predicted molar refractivity (Wildman–Crippen MR) is 47.8 cm³/mol. The highest BCUT2D eigenvalue weighted by atomic mass is 32.2. The first-order chi connectivity index (χ1) is 5.45. The Bertz CT molecular complexity index is 105. The van der Waals surface area contributed by atoms with Gasteiger partial charge in [-0.15, -0.1) is 0 Å². The lowest BCUT2D eigenvalue weighted by molar-refractivity contribution is 0.0826. The molecule has 2 aliphatic heterocycles. The van der Waals surface area contributed by atoms with Crippen LogP contribution >= 0.6 is 11.8 Å². The number of rotatable bonds is 2. The van der Waals surface area contributed by atoms with E-state index in [9.17, 15) is 0 Å². The third kappa shape index (κ3) is 2.10. The molecular weight excluding hydrogens is 158 g/mol. The lowest BCUT2D eigenvalue weighted by Gasteiger charge is -2.13. The second kappa shape index (κ2) is 3.78. The molecule has 2 saturated heterocycles. The molecule has 0 amide bonds. The lowest BCUT2D eigenvalue weighted by Crippen LogP contribution is -2.25. The molecule has 0 radical (unpaired) electrons. The molecule has 2 aliphatic rings. The summed E-state index contributed by atoms with van der Waals surface area (Å²) in [5.74, 6) is 3.62. The summed E-state index contributed by atoms with van der Waals surface area (Å²) in [4.78, 5) is 0. The smallest absolute Gasteiger partial charge is 0.108 e. The standard InChI is InChI=1S/C8H15NOS/c1-4-11-6-7(1)5-8-9-2-3-10-8/h7-9H,1-6H2. The quantitative estimate of drug-likeness (QED) is 0.675. The largest absolute Gasteiger partial charge is 0.362 e. The molecule has 2 heterocycles. The van der Waals surface area contributed by atoms with Crippen molar-refractivity contribution < 1.29 is 4.74 Å². The van der Waals surface area contributed by atoms with Crippen molar-refractivity contribution in [2.75, 3.05) is 24.7 Å². The van der Waals surface area contributed by atoms with Crippen molar-refractivity contribution in [3.8, 4) is 0 Å². The fourth-order valence-electron chi connectivity index (χ4n) is 1.70. The zero-order valence-electron chi connectivity index (χ0n) is 6.71. The lowest BCUT2D eigenvalue weighted by atomic mass is 10.0. The molecule has 3 heteroatoms. The maximum Gasteiger partial charge on any atom is 0.108 e. The Hall–Kier alpha value is 0.270. The van der Waals surface area contributed by atoms with Gasteiger partial charge in [0.25, 0.3) is 0 Å². The van der Waals surface area contributed by atoms with Gasteiger partial charge in [-0.2, -0.15) is 11.8 Å². The van der Waals surface area contributed by atoms with E-state index in [-0.39, 0.29) is 0 Å². The molecule has 2 unspecified atom stereocenters.